The van der Waals surface area contributed by atoms with Gasteiger partial charge >= 0.3 is 5.97 Å². The highest BCUT2D eigenvalue weighted by Gasteiger charge is 2.22. The molecule has 3 rings (SSSR count). The Balaban J connectivity index is 1.42. The van der Waals surface area contributed by atoms with E-state index in [1.165, 1.54) is 5.69 Å². The second kappa shape index (κ2) is 9.90. The summed E-state index contributed by atoms with van der Waals surface area (Å²) in [7, 11) is 0. The number of carbonyl (C=O) groups excluding carboxylic acids is 1. The van der Waals surface area contributed by atoms with Gasteiger partial charge in [-0.1, -0.05) is 48.5 Å². The van der Waals surface area contributed by atoms with Gasteiger partial charge in [0.05, 0.1) is 0 Å². The molecule has 1 fully saturated rings. The fourth-order valence-corrected chi connectivity index (χ4v) is 3.44. The fraction of sp³-hybridized carbons (Fsp3) is 0.364. The lowest BCUT2D eigenvalue weighted by molar-refractivity contribution is -0.141. The third-order valence-corrected chi connectivity index (χ3v) is 5.06. The molecule has 6 heteroatoms. The van der Waals surface area contributed by atoms with Crippen LogP contribution in [0.15, 0.2) is 60.7 Å². The van der Waals surface area contributed by atoms with E-state index in [9.17, 15) is 14.7 Å². The Morgan fingerprint density at radius 1 is 0.929 bits per heavy atom. The number of carboxylic acid groups (broad SMARTS) is 1. The number of aliphatic carboxylic acids is 1. The van der Waals surface area contributed by atoms with Crippen LogP contribution < -0.4 is 10.2 Å². The number of para-hydroxylation sites is 1. The number of carboxylic acids is 1. The smallest absolute Gasteiger partial charge is 0.326 e. The Bertz CT molecular complexity index is 759. The van der Waals surface area contributed by atoms with Crippen molar-refractivity contribution in [2.24, 2.45) is 0 Å². The monoisotopic (exact) mass is 381 g/mol. The molecule has 1 aliphatic heterocycles. The van der Waals surface area contributed by atoms with Crippen LogP contribution in [0, 0.1) is 0 Å². The summed E-state index contributed by atoms with van der Waals surface area (Å²) in [6, 6.07) is 18.8. The van der Waals surface area contributed by atoms with Crippen molar-refractivity contribution in [3.05, 3.63) is 66.2 Å². The van der Waals surface area contributed by atoms with Crippen LogP contribution in [0.4, 0.5) is 5.69 Å². The van der Waals surface area contributed by atoms with E-state index in [0.717, 1.165) is 31.7 Å². The number of benzene rings is 2. The molecule has 0 spiro atoms. The normalized spacial score (nSPS) is 15.8. The molecule has 28 heavy (non-hydrogen) atoms. The van der Waals surface area contributed by atoms with Gasteiger partial charge in [0.15, 0.2) is 0 Å². The Labute approximate surface area is 165 Å². The van der Waals surface area contributed by atoms with Crippen LogP contribution in [0.2, 0.25) is 0 Å². The van der Waals surface area contributed by atoms with Crippen LogP contribution in [0.3, 0.4) is 0 Å². The molecule has 0 unspecified atom stereocenters. The molecule has 1 amide bonds. The van der Waals surface area contributed by atoms with E-state index in [2.05, 4.69) is 27.2 Å². The number of anilines is 1. The number of nitrogens with zero attached hydrogens (tertiary/aromatic N) is 2. The molecule has 1 aliphatic rings. The predicted molar refractivity (Wildman–Crippen MR) is 109 cm³/mol. The van der Waals surface area contributed by atoms with Gasteiger partial charge in [-0.15, -0.1) is 0 Å². The lowest BCUT2D eigenvalue weighted by Gasteiger charge is -2.36. The second-order valence-electron chi connectivity index (χ2n) is 7.06. The maximum atomic E-state index is 12.3. The third-order valence-electron chi connectivity index (χ3n) is 5.06. The summed E-state index contributed by atoms with van der Waals surface area (Å²) in [5, 5.41) is 12.1. The Morgan fingerprint density at radius 3 is 2.14 bits per heavy atom. The van der Waals surface area contributed by atoms with E-state index in [1.54, 1.807) is 0 Å². The van der Waals surface area contributed by atoms with Crippen LogP contribution in [0.1, 0.15) is 12.0 Å². The van der Waals surface area contributed by atoms with Crippen molar-refractivity contribution in [2.45, 2.75) is 18.9 Å². The van der Waals surface area contributed by atoms with Gasteiger partial charge in [0.25, 0.3) is 0 Å². The molecule has 2 N–H and O–H groups in total. The highest BCUT2D eigenvalue weighted by molar-refractivity contribution is 5.83. The highest BCUT2D eigenvalue weighted by atomic mass is 16.4. The van der Waals surface area contributed by atoms with E-state index in [-0.39, 0.29) is 12.3 Å². The predicted octanol–water partition coefficient (Wildman–Crippen LogP) is 2.01. The van der Waals surface area contributed by atoms with E-state index in [0.29, 0.717) is 13.0 Å². The standard InChI is InChI=1S/C22H27N3O3/c26-21(23-20(22(27)28)17-18-7-3-1-4-8-18)11-12-24-13-15-25(16-14-24)19-9-5-2-6-10-19/h1-10,20H,11-17H2,(H,23,26)(H,27,28)/t20-/m0/s1. The summed E-state index contributed by atoms with van der Waals surface area (Å²) in [6.07, 6.45) is 0.599. The third kappa shape index (κ3) is 5.82. The molecule has 0 aliphatic carbocycles. The molecule has 2 aromatic rings. The van der Waals surface area contributed by atoms with Crippen LogP contribution >= 0.6 is 0 Å². The van der Waals surface area contributed by atoms with Gasteiger partial charge < -0.3 is 15.3 Å². The first kappa shape index (κ1) is 19.9. The van der Waals surface area contributed by atoms with Gasteiger partial charge in [0.2, 0.25) is 5.91 Å². The van der Waals surface area contributed by atoms with Crippen molar-refractivity contribution in [1.82, 2.24) is 10.2 Å². The minimum absolute atomic E-state index is 0.214. The quantitative estimate of drug-likeness (QED) is 0.732. The summed E-state index contributed by atoms with van der Waals surface area (Å²) in [6.45, 7) is 4.30. The van der Waals surface area contributed by atoms with Crippen molar-refractivity contribution in [3.8, 4) is 0 Å². The van der Waals surface area contributed by atoms with Crippen molar-refractivity contribution < 1.29 is 14.7 Å². The largest absolute Gasteiger partial charge is 0.480 e. The van der Waals surface area contributed by atoms with Gasteiger partial charge in [0.1, 0.15) is 6.04 Å². The highest BCUT2D eigenvalue weighted by Crippen LogP contribution is 2.15. The summed E-state index contributed by atoms with van der Waals surface area (Å²) in [5.74, 6) is -1.22. The first-order chi connectivity index (χ1) is 13.6. The SMILES string of the molecule is O=C(CCN1CCN(c2ccccc2)CC1)N[C@@H](Cc1ccccc1)C(=O)O. The molecule has 2 aromatic carbocycles. The van der Waals surface area contributed by atoms with E-state index >= 15 is 0 Å². The summed E-state index contributed by atoms with van der Waals surface area (Å²) >= 11 is 0. The minimum Gasteiger partial charge on any atom is -0.480 e. The van der Waals surface area contributed by atoms with E-state index in [4.69, 9.17) is 0 Å². The Morgan fingerprint density at radius 2 is 1.54 bits per heavy atom. The van der Waals surface area contributed by atoms with Gasteiger partial charge in [-0.3, -0.25) is 9.69 Å². The maximum Gasteiger partial charge on any atom is 0.326 e. The average Bonchev–Trinajstić information content (AvgIpc) is 2.73. The molecule has 0 bridgehead atoms. The van der Waals surface area contributed by atoms with Gasteiger partial charge in [0, 0.05) is 51.3 Å². The van der Waals surface area contributed by atoms with Crippen LogP contribution in [-0.4, -0.2) is 60.6 Å². The zero-order valence-corrected chi connectivity index (χ0v) is 16.0. The zero-order valence-electron chi connectivity index (χ0n) is 16.0. The fourth-order valence-electron chi connectivity index (χ4n) is 3.44. The van der Waals surface area contributed by atoms with Gasteiger partial charge in [-0.05, 0) is 17.7 Å². The molecule has 0 saturated carbocycles. The lowest BCUT2D eigenvalue weighted by Crippen LogP contribution is -2.48. The summed E-state index contributed by atoms with van der Waals surface area (Å²) in [4.78, 5) is 28.4. The molecule has 1 saturated heterocycles. The first-order valence-electron chi connectivity index (χ1n) is 9.70. The Kier molecular flexibility index (Phi) is 7.03. The molecular formula is C22H27N3O3. The minimum atomic E-state index is -1.01. The molecule has 0 aromatic heterocycles. The van der Waals surface area contributed by atoms with Gasteiger partial charge in [-0.2, -0.15) is 0 Å². The van der Waals surface area contributed by atoms with Crippen molar-refractivity contribution in [2.75, 3.05) is 37.6 Å². The topological polar surface area (TPSA) is 72.9 Å². The Hall–Kier alpha value is -2.86. The number of carbonyl (C=O) groups is 2. The van der Waals surface area contributed by atoms with Crippen molar-refractivity contribution in [1.29, 1.82) is 0 Å². The van der Waals surface area contributed by atoms with Crippen molar-refractivity contribution in [3.63, 3.8) is 0 Å². The molecule has 6 nitrogen and oxygen atoms in total. The van der Waals surface area contributed by atoms with Gasteiger partial charge in [-0.25, -0.2) is 4.79 Å². The lowest BCUT2D eigenvalue weighted by atomic mass is 10.1. The van der Waals surface area contributed by atoms with E-state index in [1.807, 2.05) is 48.5 Å². The number of piperazine rings is 1. The number of rotatable bonds is 8. The molecular weight excluding hydrogens is 354 g/mol. The number of nitrogens with one attached hydrogen (secondary N) is 1. The summed E-state index contributed by atoms with van der Waals surface area (Å²) in [5.41, 5.74) is 2.12. The summed E-state index contributed by atoms with van der Waals surface area (Å²) < 4.78 is 0. The van der Waals surface area contributed by atoms with Crippen LogP contribution in [0.5, 0.6) is 0 Å². The molecule has 0 radical (unpaired) electrons. The zero-order chi connectivity index (χ0) is 19.8. The van der Waals surface area contributed by atoms with E-state index < -0.39 is 12.0 Å². The maximum absolute atomic E-state index is 12.3. The average molecular weight is 381 g/mol. The van der Waals surface area contributed by atoms with Crippen LogP contribution in [0.25, 0.3) is 0 Å². The number of hydrogen-bond donors (Lipinski definition) is 2. The van der Waals surface area contributed by atoms with Crippen LogP contribution in [-0.2, 0) is 16.0 Å². The number of amides is 1. The molecule has 1 heterocycles. The first-order valence-corrected chi connectivity index (χ1v) is 9.70. The number of hydrogen-bond acceptors (Lipinski definition) is 4. The molecule has 148 valence electrons. The second-order valence-corrected chi connectivity index (χ2v) is 7.06. The molecule has 1 atom stereocenters. The van der Waals surface area contributed by atoms with Crippen molar-refractivity contribution >= 4 is 17.6 Å².